The minimum Gasteiger partial charge on any atom is -0.458 e. The summed E-state index contributed by atoms with van der Waals surface area (Å²) in [5, 5.41) is 4.21. The predicted octanol–water partition coefficient (Wildman–Crippen LogP) is 3.84. The normalized spacial score (nSPS) is 26.4. The predicted molar refractivity (Wildman–Crippen MR) is 84.2 cm³/mol. The second kappa shape index (κ2) is 5.62. The highest BCUT2D eigenvalue weighted by molar-refractivity contribution is 5.99. The second-order valence-corrected chi connectivity index (χ2v) is 7.36. The van der Waals surface area contributed by atoms with Gasteiger partial charge in [-0.2, -0.15) is 0 Å². The molecule has 2 aliphatic rings. The highest BCUT2D eigenvalue weighted by Gasteiger charge is 2.60. The Labute approximate surface area is 135 Å². The summed E-state index contributed by atoms with van der Waals surface area (Å²) in [6.07, 6.45) is 2.41. The van der Waals surface area contributed by atoms with Crippen molar-refractivity contribution in [3.8, 4) is 0 Å². The molecule has 0 N–H and O–H groups in total. The fourth-order valence-corrected chi connectivity index (χ4v) is 3.48. The zero-order valence-electron chi connectivity index (χ0n) is 13.8. The van der Waals surface area contributed by atoms with Crippen molar-refractivity contribution in [3.05, 3.63) is 35.6 Å². The number of halogens is 1. The highest BCUT2D eigenvalue weighted by Crippen LogP contribution is 2.48. The van der Waals surface area contributed by atoms with Crippen molar-refractivity contribution in [2.24, 2.45) is 16.5 Å². The molecule has 5 heteroatoms. The van der Waals surface area contributed by atoms with Crippen LogP contribution in [-0.2, 0) is 21.0 Å². The van der Waals surface area contributed by atoms with Gasteiger partial charge in [0.1, 0.15) is 12.4 Å². The molecule has 1 saturated carbocycles. The number of ether oxygens (including phenoxy) is 1. The summed E-state index contributed by atoms with van der Waals surface area (Å²) in [5.74, 6) is -0.763. The first-order valence-corrected chi connectivity index (χ1v) is 8.01. The molecule has 1 fully saturated rings. The Bertz CT molecular complexity index is 650. The van der Waals surface area contributed by atoms with Crippen LogP contribution >= 0.6 is 0 Å². The average Bonchev–Trinajstić information content (AvgIpc) is 3.02. The van der Waals surface area contributed by atoms with Crippen LogP contribution in [-0.4, -0.2) is 17.3 Å². The van der Waals surface area contributed by atoms with Gasteiger partial charge in [-0.1, -0.05) is 38.1 Å². The lowest BCUT2D eigenvalue weighted by atomic mass is 9.76. The van der Waals surface area contributed by atoms with Crippen LogP contribution in [0.25, 0.3) is 0 Å². The van der Waals surface area contributed by atoms with Crippen LogP contribution in [0.3, 0.4) is 0 Å². The topological polar surface area (TPSA) is 47.9 Å². The summed E-state index contributed by atoms with van der Waals surface area (Å²) in [7, 11) is 0. The molecule has 0 bridgehead atoms. The van der Waals surface area contributed by atoms with Crippen LogP contribution in [0, 0.1) is 17.2 Å². The highest BCUT2D eigenvalue weighted by atomic mass is 19.1. The molecule has 1 heterocycles. The molecule has 0 spiro atoms. The van der Waals surface area contributed by atoms with Crippen molar-refractivity contribution in [1.29, 1.82) is 0 Å². The molecule has 0 aromatic heterocycles. The average molecular weight is 319 g/mol. The van der Waals surface area contributed by atoms with Gasteiger partial charge in [0.05, 0.1) is 11.6 Å². The maximum Gasteiger partial charge on any atom is 0.354 e. The SMILES string of the molecule is CC(C)(C)C1=NOC2(C(=O)OCc3cccc(F)c3)CCCC12. The van der Waals surface area contributed by atoms with Crippen molar-refractivity contribution >= 4 is 11.7 Å². The van der Waals surface area contributed by atoms with Crippen LogP contribution in [0.15, 0.2) is 29.4 Å². The quantitative estimate of drug-likeness (QED) is 0.795. The third kappa shape index (κ3) is 2.84. The minimum absolute atomic E-state index is 0.0255. The zero-order chi connectivity index (χ0) is 16.7. The Balaban J connectivity index is 1.72. The monoisotopic (exact) mass is 319 g/mol. The molecule has 1 aliphatic carbocycles. The lowest BCUT2D eigenvalue weighted by Gasteiger charge is -2.27. The zero-order valence-corrected chi connectivity index (χ0v) is 13.8. The number of carbonyl (C=O) groups excluding carboxylic acids is 1. The summed E-state index contributed by atoms with van der Waals surface area (Å²) >= 11 is 0. The van der Waals surface area contributed by atoms with Crippen LogP contribution in [0.1, 0.15) is 45.6 Å². The molecule has 3 rings (SSSR count). The van der Waals surface area contributed by atoms with Gasteiger partial charge < -0.3 is 9.57 Å². The number of rotatable bonds is 3. The summed E-state index contributed by atoms with van der Waals surface area (Å²) in [6.45, 7) is 6.25. The van der Waals surface area contributed by atoms with Crippen molar-refractivity contribution in [1.82, 2.24) is 0 Å². The number of hydrogen-bond acceptors (Lipinski definition) is 4. The fourth-order valence-electron chi connectivity index (χ4n) is 3.48. The molecule has 2 atom stereocenters. The molecule has 0 amide bonds. The van der Waals surface area contributed by atoms with Crippen LogP contribution in [0.4, 0.5) is 4.39 Å². The Hall–Kier alpha value is -1.91. The van der Waals surface area contributed by atoms with Crippen LogP contribution in [0.5, 0.6) is 0 Å². The van der Waals surface area contributed by atoms with E-state index < -0.39 is 11.6 Å². The third-order valence-corrected chi connectivity index (χ3v) is 4.61. The molecule has 1 aromatic rings. The van der Waals surface area contributed by atoms with Crippen LogP contribution in [0.2, 0.25) is 0 Å². The first kappa shape index (κ1) is 16.0. The van der Waals surface area contributed by atoms with Gasteiger partial charge in [0.2, 0.25) is 5.60 Å². The van der Waals surface area contributed by atoms with Crippen LogP contribution < -0.4 is 0 Å². The van der Waals surface area contributed by atoms with E-state index in [9.17, 15) is 9.18 Å². The van der Waals surface area contributed by atoms with E-state index >= 15 is 0 Å². The van der Waals surface area contributed by atoms with Gasteiger partial charge in [-0.05, 0) is 30.5 Å². The molecular weight excluding hydrogens is 297 g/mol. The Kier molecular flexibility index (Phi) is 3.90. The van der Waals surface area contributed by atoms with Gasteiger partial charge in [0, 0.05) is 11.8 Å². The molecule has 1 aliphatic heterocycles. The summed E-state index contributed by atoms with van der Waals surface area (Å²) in [5.41, 5.74) is 0.423. The standard InChI is InChI=1S/C18H22FNO3/c1-17(2,3)15-14-8-5-9-18(14,23-20-15)16(21)22-11-12-6-4-7-13(19)10-12/h4,6-7,10,14H,5,8-9,11H2,1-3H3. The maximum absolute atomic E-state index is 13.2. The van der Waals surface area contributed by atoms with E-state index in [1.54, 1.807) is 12.1 Å². The van der Waals surface area contributed by atoms with Crippen molar-refractivity contribution in [2.45, 2.75) is 52.2 Å². The van der Waals surface area contributed by atoms with Gasteiger partial charge >= 0.3 is 5.97 Å². The second-order valence-electron chi connectivity index (χ2n) is 7.36. The number of fused-ring (bicyclic) bond motifs is 1. The summed E-state index contributed by atoms with van der Waals surface area (Å²) in [4.78, 5) is 18.3. The Morgan fingerprint density at radius 1 is 1.48 bits per heavy atom. The largest absolute Gasteiger partial charge is 0.458 e. The summed E-state index contributed by atoms with van der Waals surface area (Å²) in [6, 6.07) is 6.05. The molecule has 4 nitrogen and oxygen atoms in total. The van der Waals surface area contributed by atoms with Gasteiger partial charge in [-0.15, -0.1) is 0 Å². The minimum atomic E-state index is -0.990. The van der Waals surface area contributed by atoms with E-state index in [0.29, 0.717) is 12.0 Å². The number of oxime groups is 1. The maximum atomic E-state index is 13.2. The molecule has 23 heavy (non-hydrogen) atoms. The summed E-state index contributed by atoms with van der Waals surface area (Å²) < 4.78 is 18.6. The lowest BCUT2D eigenvalue weighted by molar-refractivity contribution is -0.173. The van der Waals surface area contributed by atoms with E-state index in [1.165, 1.54) is 12.1 Å². The Morgan fingerprint density at radius 2 is 2.26 bits per heavy atom. The van der Waals surface area contributed by atoms with E-state index in [4.69, 9.17) is 9.57 Å². The molecule has 1 aromatic carbocycles. The molecule has 0 saturated heterocycles. The molecule has 0 radical (unpaired) electrons. The lowest BCUT2D eigenvalue weighted by Crippen LogP contribution is -2.45. The molecular formula is C18H22FNO3. The fraction of sp³-hybridized carbons (Fsp3) is 0.556. The van der Waals surface area contributed by atoms with Gasteiger partial charge in [0.15, 0.2) is 0 Å². The van der Waals surface area contributed by atoms with Gasteiger partial charge in [0.25, 0.3) is 0 Å². The van der Waals surface area contributed by atoms with Gasteiger partial charge in [-0.25, -0.2) is 9.18 Å². The first-order valence-electron chi connectivity index (χ1n) is 8.01. The van der Waals surface area contributed by atoms with E-state index in [1.807, 2.05) is 0 Å². The van der Waals surface area contributed by atoms with E-state index in [-0.39, 0.29) is 23.8 Å². The number of carbonyl (C=O) groups is 1. The third-order valence-electron chi connectivity index (χ3n) is 4.61. The van der Waals surface area contributed by atoms with E-state index in [2.05, 4.69) is 25.9 Å². The van der Waals surface area contributed by atoms with E-state index in [0.717, 1.165) is 18.6 Å². The molecule has 2 unspecified atom stereocenters. The Morgan fingerprint density at radius 3 is 2.96 bits per heavy atom. The smallest absolute Gasteiger partial charge is 0.354 e. The number of hydrogen-bond donors (Lipinski definition) is 0. The number of esters is 1. The number of benzene rings is 1. The van der Waals surface area contributed by atoms with Crippen molar-refractivity contribution < 1.29 is 18.8 Å². The van der Waals surface area contributed by atoms with Crippen molar-refractivity contribution in [3.63, 3.8) is 0 Å². The first-order chi connectivity index (χ1) is 10.8. The van der Waals surface area contributed by atoms with Crippen molar-refractivity contribution in [2.75, 3.05) is 0 Å². The molecule has 124 valence electrons. The van der Waals surface area contributed by atoms with Gasteiger partial charge in [-0.3, -0.25) is 0 Å². The number of nitrogens with zero attached hydrogens (tertiary/aromatic N) is 1.